The first-order valence-electron chi connectivity index (χ1n) is 6.66. The molecule has 2 rings (SSSR count). The molecule has 1 aliphatic heterocycles. The van der Waals surface area contributed by atoms with Gasteiger partial charge >= 0.3 is 0 Å². The zero-order valence-electron chi connectivity index (χ0n) is 11.3. The van der Waals surface area contributed by atoms with Gasteiger partial charge in [0, 0.05) is 21.7 Å². The maximum Gasteiger partial charge on any atom is 0.223 e. The number of aryl methyl sites for hydroxylation is 1. The van der Waals surface area contributed by atoms with Crippen molar-refractivity contribution >= 4 is 17.2 Å². The van der Waals surface area contributed by atoms with Crippen LogP contribution in [0.25, 0.3) is 0 Å². The lowest BCUT2D eigenvalue weighted by Crippen LogP contribution is -2.42. The molecule has 1 amide bonds. The van der Waals surface area contributed by atoms with E-state index >= 15 is 0 Å². The molecule has 100 valence electrons. The van der Waals surface area contributed by atoms with Crippen LogP contribution in [0.1, 0.15) is 42.5 Å². The molecule has 1 fully saturated rings. The Labute approximate surface area is 113 Å². The third-order valence-corrected chi connectivity index (χ3v) is 4.72. The number of nitrogens with one attached hydrogen (secondary N) is 2. The lowest BCUT2D eigenvalue weighted by molar-refractivity contribution is -0.126. The molecular weight excluding hydrogens is 244 g/mol. The van der Waals surface area contributed by atoms with Crippen LogP contribution in [0, 0.1) is 12.8 Å². The summed E-state index contributed by atoms with van der Waals surface area (Å²) < 4.78 is 0. The van der Waals surface area contributed by atoms with Gasteiger partial charge < -0.3 is 10.6 Å². The van der Waals surface area contributed by atoms with Gasteiger partial charge in [0.05, 0.1) is 6.04 Å². The van der Waals surface area contributed by atoms with Crippen molar-refractivity contribution in [1.82, 2.24) is 10.6 Å². The van der Waals surface area contributed by atoms with Gasteiger partial charge in [0.1, 0.15) is 0 Å². The number of piperidine rings is 1. The van der Waals surface area contributed by atoms with E-state index in [0.717, 1.165) is 19.4 Å². The molecular formula is C14H22N2OS. The molecule has 0 aromatic carbocycles. The molecule has 0 saturated carbocycles. The molecule has 2 heterocycles. The van der Waals surface area contributed by atoms with E-state index in [9.17, 15) is 4.79 Å². The summed E-state index contributed by atoms with van der Waals surface area (Å²) in [5.41, 5.74) is 0. The van der Waals surface area contributed by atoms with E-state index in [1.165, 1.54) is 9.75 Å². The van der Waals surface area contributed by atoms with E-state index in [1.54, 1.807) is 11.3 Å². The SMILES string of the molecule is Cc1ccc(C(C)NC(=O)C2CCNC(C)C2)s1. The molecule has 4 heteroatoms. The van der Waals surface area contributed by atoms with Crippen molar-refractivity contribution in [3.05, 3.63) is 21.9 Å². The number of hydrogen-bond acceptors (Lipinski definition) is 3. The first-order chi connectivity index (χ1) is 8.56. The summed E-state index contributed by atoms with van der Waals surface area (Å²) in [5.74, 6) is 0.381. The molecule has 1 aromatic rings. The molecule has 0 bridgehead atoms. The topological polar surface area (TPSA) is 41.1 Å². The van der Waals surface area contributed by atoms with Gasteiger partial charge in [-0.2, -0.15) is 0 Å². The number of amides is 1. The Kier molecular flexibility index (Phi) is 4.40. The van der Waals surface area contributed by atoms with Crippen molar-refractivity contribution in [2.24, 2.45) is 5.92 Å². The highest BCUT2D eigenvalue weighted by molar-refractivity contribution is 7.12. The monoisotopic (exact) mass is 266 g/mol. The van der Waals surface area contributed by atoms with Crippen molar-refractivity contribution < 1.29 is 4.79 Å². The first kappa shape index (κ1) is 13.6. The first-order valence-corrected chi connectivity index (χ1v) is 7.48. The van der Waals surface area contributed by atoms with Crippen LogP contribution in [0.5, 0.6) is 0 Å². The Morgan fingerprint density at radius 1 is 1.56 bits per heavy atom. The predicted molar refractivity (Wildman–Crippen MR) is 75.8 cm³/mol. The van der Waals surface area contributed by atoms with Gasteiger partial charge in [0.2, 0.25) is 5.91 Å². The number of hydrogen-bond donors (Lipinski definition) is 2. The molecule has 1 saturated heterocycles. The summed E-state index contributed by atoms with van der Waals surface area (Å²) in [5, 5.41) is 6.52. The average molecular weight is 266 g/mol. The van der Waals surface area contributed by atoms with Crippen LogP contribution in [0.3, 0.4) is 0 Å². The van der Waals surface area contributed by atoms with Gasteiger partial charge in [-0.3, -0.25) is 4.79 Å². The Balaban J connectivity index is 1.90. The maximum absolute atomic E-state index is 12.2. The fraction of sp³-hybridized carbons (Fsp3) is 0.643. The Morgan fingerprint density at radius 2 is 2.33 bits per heavy atom. The normalized spacial score (nSPS) is 25.7. The van der Waals surface area contributed by atoms with E-state index < -0.39 is 0 Å². The minimum Gasteiger partial charge on any atom is -0.349 e. The molecule has 3 atom stereocenters. The summed E-state index contributed by atoms with van der Waals surface area (Å²) in [6.45, 7) is 7.25. The Bertz CT molecular complexity index is 416. The molecule has 1 aliphatic rings. The van der Waals surface area contributed by atoms with E-state index in [2.05, 4.69) is 43.5 Å². The van der Waals surface area contributed by atoms with Crippen molar-refractivity contribution in [2.45, 2.75) is 45.7 Å². The largest absolute Gasteiger partial charge is 0.349 e. The van der Waals surface area contributed by atoms with Crippen LogP contribution in [-0.2, 0) is 4.79 Å². The van der Waals surface area contributed by atoms with E-state index in [1.807, 2.05) is 0 Å². The van der Waals surface area contributed by atoms with Crippen LogP contribution in [-0.4, -0.2) is 18.5 Å². The van der Waals surface area contributed by atoms with Gasteiger partial charge in [-0.15, -0.1) is 11.3 Å². The van der Waals surface area contributed by atoms with Gasteiger partial charge in [0.15, 0.2) is 0 Å². The Morgan fingerprint density at radius 3 is 2.94 bits per heavy atom. The predicted octanol–water partition coefficient (Wildman–Crippen LogP) is 2.62. The van der Waals surface area contributed by atoms with Gasteiger partial charge in [-0.05, 0) is 52.3 Å². The van der Waals surface area contributed by atoms with E-state index in [0.29, 0.717) is 6.04 Å². The second-order valence-electron chi connectivity index (χ2n) is 5.26. The summed E-state index contributed by atoms with van der Waals surface area (Å²) in [4.78, 5) is 14.7. The minimum atomic E-state index is 0.126. The molecule has 3 nitrogen and oxygen atoms in total. The van der Waals surface area contributed by atoms with Gasteiger partial charge in [0.25, 0.3) is 0 Å². The van der Waals surface area contributed by atoms with Crippen LogP contribution in [0.2, 0.25) is 0 Å². The fourth-order valence-corrected chi connectivity index (χ4v) is 3.34. The lowest BCUT2D eigenvalue weighted by Gasteiger charge is -2.28. The maximum atomic E-state index is 12.2. The standard InChI is InChI=1S/C14H22N2OS/c1-9-8-12(6-7-15-9)14(17)16-11(3)13-5-4-10(2)18-13/h4-5,9,11-12,15H,6-8H2,1-3H3,(H,16,17). The summed E-state index contributed by atoms with van der Waals surface area (Å²) in [6.07, 6.45) is 1.90. The third-order valence-electron chi connectivity index (χ3n) is 3.54. The number of thiophene rings is 1. The third kappa shape index (κ3) is 3.33. The quantitative estimate of drug-likeness (QED) is 0.883. The number of carbonyl (C=O) groups is 1. The number of carbonyl (C=O) groups excluding carboxylic acids is 1. The minimum absolute atomic E-state index is 0.126. The Hall–Kier alpha value is -0.870. The molecule has 3 unspecified atom stereocenters. The highest BCUT2D eigenvalue weighted by Gasteiger charge is 2.25. The van der Waals surface area contributed by atoms with Crippen molar-refractivity contribution in [3.63, 3.8) is 0 Å². The molecule has 2 N–H and O–H groups in total. The summed E-state index contributed by atoms with van der Waals surface area (Å²) >= 11 is 1.76. The van der Waals surface area contributed by atoms with Crippen molar-refractivity contribution in [3.8, 4) is 0 Å². The molecule has 0 radical (unpaired) electrons. The second kappa shape index (κ2) is 5.85. The van der Waals surface area contributed by atoms with Crippen LogP contribution < -0.4 is 10.6 Å². The number of rotatable bonds is 3. The highest BCUT2D eigenvalue weighted by Crippen LogP contribution is 2.23. The zero-order valence-corrected chi connectivity index (χ0v) is 12.1. The van der Waals surface area contributed by atoms with E-state index in [-0.39, 0.29) is 17.9 Å². The van der Waals surface area contributed by atoms with Crippen molar-refractivity contribution in [2.75, 3.05) is 6.54 Å². The lowest BCUT2D eigenvalue weighted by atomic mass is 9.92. The smallest absolute Gasteiger partial charge is 0.223 e. The van der Waals surface area contributed by atoms with Crippen LogP contribution in [0.15, 0.2) is 12.1 Å². The van der Waals surface area contributed by atoms with Gasteiger partial charge in [-0.25, -0.2) is 0 Å². The summed E-state index contributed by atoms with van der Waals surface area (Å²) in [7, 11) is 0. The zero-order chi connectivity index (χ0) is 13.1. The van der Waals surface area contributed by atoms with E-state index in [4.69, 9.17) is 0 Å². The molecule has 0 aliphatic carbocycles. The molecule has 18 heavy (non-hydrogen) atoms. The second-order valence-corrected chi connectivity index (χ2v) is 6.57. The highest BCUT2D eigenvalue weighted by atomic mass is 32.1. The van der Waals surface area contributed by atoms with Crippen molar-refractivity contribution in [1.29, 1.82) is 0 Å². The van der Waals surface area contributed by atoms with Crippen LogP contribution in [0.4, 0.5) is 0 Å². The van der Waals surface area contributed by atoms with Gasteiger partial charge in [-0.1, -0.05) is 0 Å². The molecule has 0 spiro atoms. The molecule has 1 aromatic heterocycles. The fourth-order valence-electron chi connectivity index (χ4n) is 2.46. The van der Waals surface area contributed by atoms with Crippen LogP contribution >= 0.6 is 11.3 Å². The summed E-state index contributed by atoms with van der Waals surface area (Å²) in [6, 6.07) is 4.79. The average Bonchev–Trinajstić information content (AvgIpc) is 2.76.